The van der Waals surface area contributed by atoms with Crippen molar-refractivity contribution in [1.82, 2.24) is 15.5 Å². The maximum absolute atomic E-state index is 13.1. The van der Waals surface area contributed by atoms with Gasteiger partial charge >= 0.3 is 12.3 Å². The third kappa shape index (κ3) is 5.04. The summed E-state index contributed by atoms with van der Waals surface area (Å²) in [7, 11) is 0. The molecule has 2 aromatic carbocycles. The fourth-order valence-corrected chi connectivity index (χ4v) is 8.01. The number of carboxylic acids is 1. The van der Waals surface area contributed by atoms with Crippen LogP contribution in [0.2, 0.25) is 0 Å². The number of nitrogens with one attached hydrogen (secondary N) is 1. The molecule has 2 saturated heterocycles. The molecule has 8 nitrogen and oxygen atoms in total. The van der Waals surface area contributed by atoms with E-state index in [9.17, 15) is 23.1 Å². The molecule has 12 heteroatoms. The number of para-hydroxylation sites is 1. The lowest BCUT2D eigenvalue weighted by molar-refractivity contribution is -0.274. The third-order valence-electron chi connectivity index (χ3n) is 9.14. The lowest BCUT2D eigenvalue weighted by Gasteiger charge is -2.55. The number of hydrogen-bond acceptors (Lipinski definition) is 8. The number of carboxylic acid groups (broad SMARTS) is 1. The first-order valence-electron chi connectivity index (χ1n) is 14.7. The van der Waals surface area contributed by atoms with E-state index in [0.717, 1.165) is 77.2 Å². The van der Waals surface area contributed by atoms with E-state index in [2.05, 4.69) is 20.1 Å². The highest BCUT2D eigenvalue weighted by Gasteiger charge is 2.47. The van der Waals surface area contributed by atoms with Crippen LogP contribution in [0.25, 0.3) is 21.5 Å². The summed E-state index contributed by atoms with van der Waals surface area (Å²) in [6, 6.07) is 10.5. The lowest BCUT2D eigenvalue weighted by Crippen LogP contribution is -2.64. The highest BCUT2D eigenvalue weighted by Crippen LogP contribution is 2.49. The quantitative estimate of drug-likeness (QED) is 0.205. The monoisotopic (exact) mass is 610 g/mol. The molecule has 9 rings (SSSR count). The second-order valence-corrected chi connectivity index (χ2v) is 13.2. The number of rotatable bonds is 9. The van der Waals surface area contributed by atoms with Crippen molar-refractivity contribution in [2.75, 3.05) is 4.90 Å². The van der Waals surface area contributed by atoms with Crippen LogP contribution in [0.1, 0.15) is 84.0 Å². The minimum absolute atomic E-state index is 0.228. The summed E-state index contributed by atoms with van der Waals surface area (Å²) in [5, 5.41) is 18.5. The Morgan fingerprint density at radius 3 is 2.53 bits per heavy atom. The zero-order valence-corrected chi connectivity index (χ0v) is 23.9. The molecule has 5 aliphatic rings. The van der Waals surface area contributed by atoms with E-state index in [4.69, 9.17) is 9.51 Å². The van der Waals surface area contributed by atoms with E-state index >= 15 is 0 Å². The number of piperidine rings is 1. The minimum Gasteiger partial charge on any atom is -0.478 e. The highest BCUT2D eigenvalue weighted by atomic mass is 32.1. The predicted octanol–water partition coefficient (Wildman–Crippen LogP) is 7.20. The summed E-state index contributed by atoms with van der Waals surface area (Å²) in [5.41, 5.74) is 3.76. The molecule has 2 aromatic heterocycles. The van der Waals surface area contributed by atoms with Crippen LogP contribution < -0.4 is 15.0 Å². The van der Waals surface area contributed by atoms with Crippen molar-refractivity contribution < 1.29 is 32.3 Å². The summed E-state index contributed by atoms with van der Waals surface area (Å²) in [6.07, 6.45) is 2.19. The van der Waals surface area contributed by atoms with Crippen molar-refractivity contribution in [2.24, 2.45) is 0 Å². The molecule has 2 bridgehead atoms. The summed E-state index contributed by atoms with van der Waals surface area (Å²) < 4.78 is 50.3. The molecule has 3 aliphatic carbocycles. The molecule has 2 atom stereocenters. The number of ether oxygens (including phenoxy) is 1. The number of halogens is 3. The highest BCUT2D eigenvalue weighted by molar-refractivity contribution is 7.22. The van der Waals surface area contributed by atoms with Gasteiger partial charge in [0.15, 0.2) is 5.13 Å². The van der Waals surface area contributed by atoms with Crippen LogP contribution in [-0.4, -0.2) is 45.7 Å². The Bertz CT molecular complexity index is 1720. The van der Waals surface area contributed by atoms with Crippen molar-refractivity contribution in [1.29, 1.82) is 0 Å². The van der Waals surface area contributed by atoms with Gasteiger partial charge in [-0.25, -0.2) is 9.78 Å². The van der Waals surface area contributed by atoms with Gasteiger partial charge in [0, 0.05) is 41.7 Å². The number of thiazole rings is 1. The summed E-state index contributed by atoms with van der Waals surface area (Å²) in [5.74, 6) is 0.179. The lowest BCUT2D eigenvalue weighted by atomic mass is 9.77. The van der Waals surface area contributed by atoms with Gasteiger partial charge in [-0.05, 0) is 80.7 Å². The molecule has 2 unspecified atom stereocenters. The second kappa shape index (κ2) is 9.95. The molecule has 3 saturated carbocycles. The van der Waals surface area contributed by atoms with Crippen molar-refractivity contribution in [3.8, 4) is 17.0 Å². The predicted molar refractivity (Wildman–Crippen MR) is 154 cm³/mol. The van der Waals surface area contributed by atoms with Crippen LogP contribution in [0.15, 0.2) is 40.9 Å². The standard InChI is InChI=1S/C31H29F3N4O4S/c32-31(33,34)41-24-4-2-1-3-21(24)26-23(28(42-37-26)16-7-8-16)14-35-18-11-19-13-20(12-18)38(19)30-36-27-22(15-5-6-15)9-17(29(39)40)10-25(27)43-30/h1-4,9-10,15-16,18-20,35H,5-8,11-14H2,(H,39,40). The average molecular weight is 611 g/mol. The number of aromatic carboxylic acids is 1. The topological polar surface area (TPSA) is 101 Å². The van der Waals surface area contributed by atoms with Gasteiger partial charge in [-0.1, -0.05) is 28.6 Å². The van der Waals surface area contributed by atoms with Gasteiger partial charge in [0.2, 0.25) is 0 Å². The Hall–Kier alpha value is -3.64. The largest absolute Gasteiger partial charge is 0.573 e. The smallest absolute Gasteiger partial charge is 0.478 e. The Labute approximate surface area is 248 Å². The van der Waals surface area contributed by atoms with E-state index in [1.54, 1.807) is 35.6 Å². The molecule has 224 valence electrons. The number of aromatic nitrogens is 2. The van der Waals surface area contributed by atoms with Gasteiger partial charge in [0.05, 0.1) is 15.8 Å². The number of fused-ring (bicyclic) bond motifs is 3. The van der Waals surface area contributed by atoms with E-state index in [0.29, 0.717) is 35.8 Å². The average Bonchev–Trinajstić information content (AvgIpc) is 3.90. The van der Waals surface area contributed by atoms with Crippen molar-refractivity contribution in [3.63, 3.8) is 0 Å². The number of benzene rings is 2. The van der Waals surface area contributed by atoms with E-state index in [1.165, 1.54) is 12.1 Å². The molecule has 43 heavy (non-hydrogen) atoms. The zero-order valence-electron chi connectivity index (χ0n) is 23.1. The van der Waals surface area contributed by atoms with Crippen LogP contribution in [0.5, 0.6) is 5.75 Å². The first kappa shape index (κ1) is 26.9. The first-order valence-corrected chi connectivity index (χ1v) is 15.6. The minimum atomic E-state index is -4.81. The zero-order chi connectivity index (χ0) is 29.5. The van der Waals surface area contributed by atoms with Crippen LogP contribution in [-0.2, 0) is 6.54 Å². The number of alkyl halides is 3. The number of hydrogen-bond donors (Lipinski definition) is 2. The fraction of sp³-hybridized carbons (Fsp3) is 0.452. The molecular weight excluding hydrogens is 581 g/mol. The van der Waals surface area contributed by atoms with Crippen LogP contribution >= 0.6 is 11.3 Å². The molecule has 4 aromatic rings. The van der Waals surface area contributed by atoms with Gasteiger partial charge in [0.25, 0.3) is 0 Å². The van der Waals surface area contributed by atoms with Gasteiger partial charge < -0.3 is 24.6 Å². The molecule has 0 radical (unpaired) electrons. The maximum atomic E-state index is 13.1. The van der Waals surface area contributed by atoms with Crippen LogP contribution in [0, 0.1) is 0 Å². The number of nitrogens with zero attached hydrogens (tertiary/aromatic N) is 3. The summed E-state index contributed by atoms with van der Waals surface area (Å²) >= 11 is 1.58. The molecule has 0 spiro atoms. The third-order valence-corrected chi connectivity index (χ3v) is 10.2. The van der Waals surface area contributed by atoms with Gasteiger partial charge in [-0.3, -0.25) is 0 Å². The van der Waals surface area contributed by atoms with Crippen LogP contribution in [0.4, 0.5) is 18.3 Å². The Morgan fingerprint density at radius 2 is 1.84 bits per heavy atom. The second-order valence-electron chi connectivity index (χ2n) is 12.2. The Morgan fingerprint density at radius 1 is 1.09 bits per heavy atom. The summed E-state index contributed by atoms with van der Waals surface area (Å²) in [6.45, 7) is 0.443. The fourth-order valence-electron chi connectivity index (χ4n) is 6.83. The van der Waals surface area contributed by atoms with Crippen molar-refractivity contribution >= 4 is 32.7 Å². The Kier molecular flexibility index (Phi) is 6.23. The molecular formula is C31H29F3N4O4S. The van der Waals surface area contributed by atoms with Crippen molar-refractivity contribution in [2.45, 2.75) is 87.8 Å². The van der Waals surface area contributed by atoms with E-state index < -0.39 is 12.3 Å². The summed E-state index contributed by atoms with van der Waals surface area (Å²) in [4.78, 5) is 19.2. The van der Waals surface area contributed by atoms with Crippen LogP contribution in [0.3, 0.4) is 0 Å². The van der Waals surface area contributed by atoms with E-state index in [1.807, 2.05) is 0 Å². The normalized spacial score (nSPS) is 23.4. The molecule has 5 fully saturated rings. The molecule has 2 N–H and O–H groups in total. The van der Waals surface area contributed by atoms with Gasteiger partial charge in [-0.15, -0.1) is 13.2 Å². The van der Waals surface area contributed by atoms with Crippen molar-refractivity contribution in [3.05, 3.63) is 58.8 Å². The molecule has 2 aliphatic heterocycles. The first-order chi connectivity index (χ1) is 20.7. The number of anilines is 1. The Balaban J connectivity index is 1.00. The van der Waals surface area contributed by atoms with Gasteiger partial charge in [0.1, 0.15) is 17.2 Å². The van der Waals surface area contributed by atoms with Gasteiger partial charge in [-0.2, -0.15) is 0 Å². The molecule has 0 amide bonds. The number of carbonyl (C=O) groups is 1. The SMILES string of the molecule is O=C(O)c1cc(C2CC2)c2nc(N3C4CC(NCc5c(-c6ccccc6OC(F)(F)F)noc5C5CC5)CC3C4)sc2c1. The maximum Gasteiger partial charge on any atom is 0.573 e. The molecule has 4 heterocycles. The van der Waals surface area contributed by atoms with E-state index in [-0.39, 0.29) is 23.3 Å².